The maximum Gasteiger partial charge on any atom is 0.282 e. The van der Waals surface area contributed by atoms with Gasteiger partial charge in [0.25, 0.3) is 5.91 Å². The summed E-state index contributed by atoms with van der Waals surface area (Å²) >= 11 is 0. The molecule has 0 aliphatic carbocycles. The van der Waals surface area contributed by atoms with E-state index in [-0.39, 0.29) is 11.9 Å². The molecule has 3 rings (SSSR count). The van der Waals surface area contributed by atoms with Gasteiger partial charge >= 0.3 is 0 Å². The van der Waals surface area contributed by atoms with E-state index >= 15 is 0 Å². The van der Waals surface area contributed by atoms with Crippen molar-refractivity contribution in [2.75, 3.05) is 43.5 Å². The van der Waals surface area contributed by atoms with Gasteiger partial charge in [-0.25, -0.2) is 0 Å². The van der Waals surface area contributed by atoms with Crippen molar-refractivity contribution in [1.29, 1.82) is 0 Å². The number of benzene rings is 2. The van der Waals surface area contributed by atoms with E-state index in [1.165, 1.54) is 10.6 Å². The van der Waals surface area contributed by atoms with Gasteiger partial charge in [0.05, 0.1) is 33.3 Å². The highest BCUT2D eigenvalue weighted by atomic mass is 16.5. The number of quaternary nitrogens is 1. The third-order valence-electron chi connectivity index (χ3n) is 4.89. The number of anilines is 2. The minimum atomic E-state index is -0.0572. The largest absolute Gasteiger partial charge is 0.497 e. The van der Waals surface area contributed by atoms with Crippen LogP contribution in [0.15, 0.2) is 54.6 Å². The van der Waals surface area contributed by atoms with Crippen LogP contribution in [0.3, 0.4) is 0 Å². The number of para-hydroxylation sites is 1. The van der Waals surface area contributed by atoms with Crippen LogP contribution in [0.25, 0.3) is 0 Å². The number of amides is 1. The van der Waals surface area contributed by atoms with Crippen LogP contribution >= 0.6 is 0 Å². The van der Waals surface area contributed by atoms with Crippen LogP contribution in [0.5, 0.6) is 5.75 Å². The van der Waals surface area contributed by atoms with Gasteiger partial charge in [-0.3, -0.25) is 4.79 Å². The molecule has 0 saturated carbocycles. The highest BCUT2D eigenvalue weighted by Crippen LogP contribution is 2.19. The normalized spacial score (nSPS) is 16.3. The van der Waals surface area contributed by atoms with Crippen molar-refractivity contribution in [3.05, 3.63) is 54.6 Å². The molecule has 0 bridgehead atoms. The molecule has 1 heterocycles. The van der Waals surface area contributed by atoms with E-state index in [0.717, 1.165) is 37.6 Å². The fraction of sp³-hybridized carbons (Fsp3) is 0.350. The van der Waals surface area contributed by atoms with Crippen molar-refractivity contribution in [2.24, 2.45) is 0 Å². The fourth-order valence-corrected chi connectivity index (χ4v) is 3.24. The molecule has 1 atom stereocenters. The lowest BCUT2D eigenvalue weighted by Gasteiger charge is -2.36. The Labute approximate surface area is 149 Å². The number of nitrogens with zero attached hydrogens (tertiary/aromatic N) is 1. The van der Waals surface area contributed by atoms with Crippen LogP contribution in [0.1, 0.15) is 6.92 Å². The molecule has 5 nitrogen and oxygen atoms in total. The first kappa shape index (κ1) is 17.3. The molecule has 1 amide bonds. The quantitative estimate of drug-likeness (QED) is 0.866. The summed E-state index contributed by atoms with van der Waals surface area (Å²) in [6, 6.07) is 17.8. The van der Waals surface area contributed by atoms with E-state index in [1.807, 2.05) is 49.4 Å². The third-order valence-corrected chi connectivity index (χ3v) is 4.89. The minimum absolute atomic E-state index is 0.0572. The molecule has 1 fully saturated rings. The summed E-state index contributed by atoms with van der Waals surface area (Å²) in [6.07, 6.45) is 0. The topological polar surface area (TPSA) is 46.0 Å². The molecule has 0 radical (unpaired) electrons. The van der Waals surface area contributed by atoms with Gasteiger partial charge in [-0.15, -0.1) is 0 Å². The van der Waals surface area contributed by atoms with E-state index in [1.54, 1.807) is 7.11 Å². The van der Waals surface area contributed by atoms with Crippen molar-refractivity contribution in [3.8, 4) is 5.75 Å². The number of methoxy groups -OCH3 is 1. The molecular formula is C20H26N3O2+. The Morgan fingerprint density at radius 1 is 1.08 bits per heavy atom. The third kappa shape index (κ3) is 4.31. The maximum absolute atomic E-state index is 12.5. The first-order valence-corrected chi connectivity index (χ1v) is 8.77. The molecule has 1 aliphatic heterocycles. The Hall–Kier alpha value is -2.53. The standard InChI is InChI=1S/C20H25N3O2/c1-16(20(24)21-17-6-4-3-5-7-17)22-12-14-23(15-13-22)18-8-10-19(25-2)11-9-18/h3-11,16H,12-15H2,1-2H3,(H,21,24)/p+1/t16-/m0/s1. The summed E-state index contributed by atoms with van der Waals surface area (Å²) in [6.45, 7) is 5.82. The Morgan fingerprint density at radius 2 is 1.72 bits per heavy atom. The van der Waals surface area contributed by atoms with Crippen molar-refractivity contribution < 1.29 is 14.4 Å². The molecule has 2 aromatic rings. The van der Waals surface area contributed by atoms with Crippen molar-refractivity contribution in [2.45, 2.75) is 13.0 Å². The SMILES string of the molecule is COc1ccc(N2CC[NH+]([C@@H](C)C(=O)Nc3ccccc3)CC2)cc1. The highest BCUT2D eigenvalue weighted by Gasteiger charge is 2.29. The average molecular weight is 340 g/mol. The summed E-state index contributed by atoms with van der Waals surface area (Å²) in [5.41, 5.74) is 2.07. The fourth-order valence-electron chi connectivity index (χ4n) is 3.24. The van der Waals surface area contributed by atoms with Gasteiger partial charge in [0, 0.05) is 11.4 Å². The van der Waals surface area contributed by atoms with E-state index in [9.17, 15) is 4.79 Å². The zero-order chi connectivity index (χ0) is 17.6. The van der Waals surface area contributed by atoms with Crippen LogP contribution in [0, 0.1) is 0 Å². The number of carbonyl (C=O) groups excluding carboxylic acids is 1. The average Bonchev–Trinajstić information content (AvgIpc) is 2.68. The Kier molecular flexibility index (Phi) is 5.56. The Bertz CT molecular complexity index is 680. The zero-order valence-electron chi connectivity index (χ0n) is 14.9. The van der Waals surface area contributed by atoms with Gasteiger partial charge in [0.2, 0.25) is 0 Å². The number of piperazine rings is 1. The molecule has 132 valence electrons. The number of carbonyl (C=O) groups is 1. The second kappa shape index (κ2) is 8.03. The zero-order valence-corrected chi connectivity index (χ0v) is 14.9. The Balaban J connectivity index is 1.53. The van der Waals surface area contributed by atoms with Gasteiger partial charge in [0.1, 0.15) is 5.75 Å². The van der Waals surface area contributed by atoms with Crippen LogP contribution in [0.4, 0.5) is 11.4 Å². The van der Waals surface area contributed by atoms with Gasteiger partial charge < -0.3 is 19.9 Å². The number of hydrogen-bond acceptors (Lipinski definition) is 3. The second-order valence-electron chi connectivity index (χ2n) is 6.42. The van der Waals surface area contributed by atoms with E-state index in [0.29, 0.717) is 0 Å². The molecule has 0 spiro atoms. The highest BCUT2D eigenvalue weighted by molar-refractivity contribution is 5.93. The van der Waals surface area contributed by atoms with E-state index in [4.69, 9.17) is 4.74 Å². The van der Waals surface area contributed by atoms with Crippen LogP contribution in [-0.4, -0.2) is 45.2 Å². The summed E-state index contributed by atoms with van der Waals surface area (Å²) < 4.78 is 5.21. The predicted octanol–water partition coefficient (Wildman–Crippen LogP) is 1.43. The summed E-state index contributed by atoms with van der Waals surface area (Å²) in [4.78, 5) is 16.2. The smallest absolute Gasteiger partial charge is 0.282 e. The van der Waals surface area contributed by atoms with Gasteiger partial charge in [-0.05, 0) is 43.3 Å². The number of rotatable bonds is 5. The van der Waals surface area contributed by atoms with Crippen LogP contribution in [-0.2, 0) is 4.79 Å². The lowest BCUT2D eigenvalue weighted by Crippen LogP contribution is -3.19. The molecule has 25 heavy (non-hydrogen) atoms. The lowest BCUT2D eigenvalue weighted by molar-refractivity contribution is -0.914. The summed E-state index contributed by atoms with van der Waals surface area (Å²) in [5, 5.41) is 3.01. The minimum Gasteiger partial charge on any atom is -0.497 e. The molecule has 2 N–H and O–H groups in total. The number of nitrogens with one attached hydrogen (secondary N) is 2. The lowest BCUT2D eigenvalue weighted by atomic mass is 10.2. The molecule has 0 aromatic heterocycles. The maximum atomic E-state index is 12.5. The second-order valence-corrected chi connectivity index (χ2v) is 6.42. The summed E-state index contributed by atoms with van der Waals surface area (Å²) in [5.74, 6) is 0.957. The summed E-state index contributed by atoms with van der Waals surface area (Å²) in [7, 11) is 1.68. The van der Waals surface area contributed by atoms with E-state index < -0.39 is 0 Å². The van der Waals surface area contributed by atoms with Crippen molar-refractivity contribution in [3.63, 3.8) is 0 Å². The first-order chi connectivity index (χ1) is 12.2. The van der Waals surface area contributed by atoms with Crippen LogP contribution in [0.2, 0.25) is 0 Å². The predicted molar refractivity (Wildman–Crippen MR) is 100 cm³/mol. The molecular weight excluding hydrogens is 314 g/mol. The molecule has 1 saturated heterocycles. The molecule has 1 aliphatic rings. The van der Waals surface area contributed by atoms with Crippen LogP contribution < -0.4 is 19.9 Å². The Morgan fingerprint density at radius 3 is 2.32 bits per heavy atom. The van der Waals surface area contributed by atoms with Gasteiger partial charge in [-0.2, -0.15) is 0 Å². The van der Waals surface area contributed by atoms with Gasteiger partial charge in [-0.1, -0.05) is 18.2 Å². The number of ether oxygens (including phenoxy) is 1. The van der Waals surface area contributed by atoms with Gasteiger partial charge in [0.15, 0.2) is 6.04 Å². The monoisotopic (exact) mass is 340 g/mol. The van der Waals surface area contributed by atoms with Crippen molar-refractivity contribution >= 4 is 17.3 Å². The molecule has 5 heteroatoms. The number of hydrogen-bond donors (Lipinski definition) is 2. The van der Waals surface area contributed by atoms with E-state index in [2.05, 4.69) is 22.3 Å². The molecule has 0 unspecified atom stereocenters. The van der Waals surface area contributed by atoms with Crippen molar-refractivity contribution in [1.82, 2.24) is 0 Å². The first-order valence-electron chi connectivity index (χ1n) is 8.77. The molecule has 2 aromatic carbocycles.